The van der Waals surface area contributed by atoms with E-state index in [0.717, 1.165) is 0 Å². The van der Waals surface area contributed by atoms with Crippen molar-refractivity contribution in [2.45, 2.75) is 19.3 Å². The molecule has 1 fully saturated rings. The van der Waals surface area contributed by atoms with Crippen molar-refractivity contribution < 1.29 is 19.1 Å². The minimum absolute atomic E-state index is 0.0407. The highest BCUT2D eigenvalue weighted by Crippen LogP contribution is 2.40. The Bertz CT molecular complexity index is 538. The number of hydrogen-bond donors (Lipinski definition) is 0. The number of hydrogen-bond acceptors (Lipinski definition) is 4. The first-order valence-electron chi connectivity index (χ1n) is 5.80. The van der Waals surface area contributed by atoms with E-state index in [0.29, 0.717) is 41.3 Å². The van der Waals surface area contributed by atoms with Gasteiger partial charge in [-0.2, -0.15) is 0 Å². The first kappa shape index (κ1) is 11.5. The summed E-state index contributed by atoms with van der Waals surface area (Å²) >= 11 is 6.03. The number of rotatable bonds is 2. The summed E-state index contributed by atoms with van der Waals surface area (Å²) in [7, 11) is 0. The Hall–Kier alpha value is -1.55. The number of ketones is 2. The summed E-state index contributed by atoms with van der Waals surface area (Å²) in [6.07, 6.45) is 1.46. The van der Waals surface area contributed by atoms with E-state index in [2.05, 4.69) is 0 Å². The molecule has 4 nitrogen and oxygen atoms in total. The number of fused-ring (bicyclic) bond motifs is 1. The maximum absolute atomic E-state index is 12.2. The summed E-state index contributed by atoms with van der Waals surface area (Å²) in [6, 6.07) is 3.22. The van der Waals surface area contributed by atoms with Crippen LogP contribution < -0.4 is 9.47 Å². The Morgan fingerprint density at radius 3 is 2.89 bits per heavy atom. The average Bonchev–Trinajstić information content (AvgIpc) is 2.96. The molecule has 94 valence electrons. The van der Waals surface area contributed by atoms with Gasteiger partial charge in [0.1, 0.15) is 5.78 Å². The van der Waals surface area contributed by atoms with Crippen molar-refractivity contribution in [2.24, 2.45) is 5.92 Å². The van der Waals surface area contributed by atoms with Crippen LogP contribution in [-0.4, -0.2) is 18.4 Å². The summed E-state index contributed by atoms with van der Waals surface area (Å²) in [5.74, 6) is 0.876. The summed E-state index contributed by atoms with van der Waals surface area (Å²) < 4.78 is 10.4. The second kappa shape index (κ2) is 4.28. The van der Waals surface area contributed by atoms with E-state index in [1.807, 2.05) is 0 Å². The molecule has 0 spiro atoms. The van der Waals surface area contributed by atoms with Crippen molar-refractivity contribution in [1.82, 2.24) is 0 Å². The lowest BCUT2D eigenvalue weighted by atomic mass is 9.96. The van der Waals surface area contributed by atoms with Gasteiger partial charge in [-0.1, -0.05) is 11.6 Å². The van der Waals surface area contributed by atoms with Crippen LogP contribution in [0.4, 0.5) is 0 Å². The van der Waals surface area contributed by atoms with Gasteiger partial charge in [0.05, 0.1) is 5.02 Å². The second-order valence-electron chi connectivity index (χ2n) is 4.53. The summed E-state index contributed by atoms with van der Waals surface area (Å²) in [5.41, 5.74) is 0.490. The molecule has 1 aromatic carbocycles. The molecule has 3 rings (SSSR count). The van der Waals surface area contributed by atoms with Gasteiger partial charge in [-0.05, 0) is 18.6 Å². The van der Waals surface area contributed by atoms with E-state index in [1.165, 1.54) is 0 Å². The molecule has 1 aliphatic heterocycles. The van der Waals surface area contributed by atoms with Crippen LogP contribution in [0.25, 0.3) is 0 Å². The van der Waals surface area contributed by atoms with Crippen molar-refractivity contribution >= 4 is 23.2 Å². The fourth-order valence-corrected chi connectivity index (χ4v) is 2.65. The molecule has 18 heavy (non-hydrogen) atoms. The zero-order valence-corrected chi connectivity index (χ0v) is 10.3. The predicted octanol–water partition coefficient (Wildman–Crippen LogP) is 2.62. The molecular formula is C13H11ClO4. The van der Waals surface area contributed by atoms with Crippen LogP contribution in [0.15, 0.2) is 12.1 Å². The molecular weight excluding hydrogens is 256 g/mol. The van der Waals surface area contributed by atoms with E-state index >= 15 is 0 Å². The van der Waals surface area contributed by atoms with E-state index in [4.69, 9.17) is 21.1 Å². The largest absolute Gasteiger partial charge is 0.454 e. The van der Waals surface area contributed by atoms with Crippen molar-refractivity contribution in [1.29, 1.82) is 0 Å². The molecule has 0 aromatic heterocycles. The van der Waals surface area contributed by atoms with Crippen molar-refractivity contribution in [3.63, 3.8) is 0 Å². The number of benzene rings is 1. The van der Waals surface area contributed by atoms with E-state index in [9.17, 15) is 9.59 Å². The third kappa shape index (κ3) is 1.86. The van der Waals surface area contributed by atoms with E-state index < -0.39 is 0 Å². The zero-order valence-electron chi connectivity index (χ0n) is 9.57. The molecule has 0 saturated heterocycles. The molecule has 5 heteroatoms. The number of carbonyl (C=O) groups excluding carboxylic acids is 2. The highest BCUT2D eigenvalue weighted by Gasteiger charge is 2.30. The first-order valence-corrected chi connectivity index (χ1v) is 6.18. The maximum atomic E-state index is 12.2. The van der Waals surface area contributed by atoms with Gasteiger partial charge in [0, 0.05) is 24.3 Å². The first-order chi connectivity index (χ1) is 8.65. The third-order valence-electron chi connectivity index (χ3n) is 3.33. The van der Waals surface area contributed by atoms with Crippen LogP contribution in [0.1, 0.15) is 29.6 Å². The number of Topliss-reactive ketones (excluding diaryl/α,β-unsaturated/α-hetero) is 2. The highest BCUT2D eigenvalue weighted by molar-refractivity contribution is 6.32. The SMILES string of the molecule is O=C1CCC(C(=O)c2cc(Cl)c3c(c2)OCO3)C1. The van der Waals surface area contributed by atoms with Gasteiger partial charge < -0.3 is 9.47 Å². The molecule has 1 unspecified atom stereocenters. The molecule has 0 amide bonds. The highest BCUT2D eigenvalue weighted by atomic mass is 35.5. The van der Waals surface area contributed by atoms with Gasteiger partial charge in [-0.25, -0.2) is 0 Å². The van der Waals surface area contributed by atoms with E-state index in [-0.39, 0.29) is 24.3 Å². The lowest BCUT2D eigenvalue weighted by molar-refractivity contribution is -0.117. The Labute approximate surface area is 109 Å². The van der Waals surface area contributed by atoms with Gasteiger partial charge in [-0.15, -0.1) is 0 Å². The normalized spacial score (nSPS) is 21.4. The topological polar surface area (TPSA) is 52.6 Å². The van der Waals surface area contributed by atoms with Gasteiger partial charge in [0.2, 0.25) is 6.79 Å². The maximum Gasteiger partial charge on any atom is 0.231 e. The quantitative estimate of drug-likeness (QED) is 0.772. The molecule has 2 aliphatic rings. The van der Waals surface area contributed by atoms with Crippen LogP contribution in [0, 0.1) is 5.92 Å². The van der Waals surface area contributed by atoms with Gasteiger partial charge >= 0.3 is 0 Å². The van der Waals surface area contributed by atoms with Crippen molar-refractivity contribution in [2.75, 3.05) is 6.79 Å². The molecule has 1 aromatic rings. The molecule has 0 radical (unpaired) electrons. The van der Waals surface area contributed by atoms with Crippen LogP contribution in [-0.2, 0) is 4.79 Å². The molecule has 1 saturated carbocycles. The van der Waals surface area contributed by atoms with Gasteiger partial charge in [0.15, 0.2) is 17.3 Å². The van der Waals surface area contributed by atoms with Crippen LogP contribution in [0.5, 0.6) is 11.5 Å². The number of halogens is 1. The van der Waals surface area contributed by atoms with Crippen LogP contribution >= 0.6 is 11.6 Å². The fraction of sp³-hybridized carbons (Fsp3) is 0.385. The Balaban J connectivity index is 1.91. The molecule has 1 atom stereocenters. The fourth-order valence-electron chi connectivity index (χ4n) is 2.38. The monoisotopic (exact) mass is 266 g/mol. The lowest BCUT2D eigenvalue weighted by Gasteiger charge is -2.08. The molecule has 0 bridgehead atoms. The Morgan fingerprint density at radius 2 is 2.17 bits per heavy atom. The summed E-state index contributed by atoms with van der Waals surface area (Å²) in [4.78, 5) is 23.5. The Morgan fingerprint density at radius 1 is 1.33 bits per heavy atom. The standard InChI is InChI=1S/C13H11ClO4/c14-10-4-8(5-11-13(10)18-6-17-11)12(16)7-1-2-9(15)3-7/h4-5,7H,1-3,6H2. The third-order valence-corrected chi connectivity index (χ3v) is 3.61. The number of carbonyl (C=O) groups is 2. The predicted molar refractivity (Wildman–Crippen MR) is 64.3 cm³/mol. The minimum atomic E-state index is -0.214. The van der Waals surface area contributed by atoms with Crippen LogP contribution in [0.3, 0.4) is 0 Å². The zero-order chi connectivity index (χ0) is 12.7. The average molecular weight is 267 g/mol. The Kier molecular flexibility index (Phi) is 2.74. The van der Waals surface area contributed by atoms with Crippen molar-refractivity contribution in [3.8, 4) is 11.5 Å². The van der Waals surface area contributed by atoms with Crippen LogP contribution in [0.2, 0.25) is 5.02 Å². The van der Waals surface area contributed by atoms with E-state index in [1.54, 1.807) is 12.1 Å². The van der Waals surface area contributed by atoms with Gasteiger partial charge in [-0.3, -0.25) is 9.59 Å². The van der Waals surface area contributed by atoms with Crippen molar-refractivity contribution in [3.05, 3.63) is 22.7 Å². The lowest BCUT2D eigenvalue weighted by Crippen LogP contribution is -2.11. The minimum Gasteiger partial charge on any atom is -0.454 e. The molecule has 1 aliphatic carbocycles. The summed E-state index contributed by atoms with van der Waals surface area (Å²) in [6.45, 7) is 0.120. The second-order valence-corrected chi connectivity index (χ2v) is 4.94. The number of ether oxygens (including phenoxy) is 2. The molecule has 0 N–H and O–H groups in total. The summed E-state index contributed by atoms with van der Waals surface area (Å²) in [5, 5.41) is 0.373. The molecule has 1 heterocycles. The van der Waals surface area contributed by atoms with Gasteiger partial charge in [0.25, 0.3) is 0 Å². The smallest absolute Gasteiger partial charge is 0.231 e.